The van der Waals surface area contributed by atoms with Gasteiger partial charge < -0.3 is 0 Å². The number of ketones is 1. The number of hydrogen-bond donors (Lipinski definition) is 0. The molecule has 0 spiro atoms. The Bertz CT molecular complexity index is 273. The minimum absolute atomic E-state index is 0.420. The highest BCUT2D eigenvalue weighted by Crippen LogP contribution is 2.42. The van der Waals surface area contributed by atoms with Gasteiger partial charge in [0.2, 0.25) is 0 Å². The van der Waals surface area contributed by atoms with E-state index in [-0.39, 0.29) is 0 Å². The van der Waals surface area contributed by atoms with Gasteiger partial charge in [-0.05, 0) is 49.4 Å². The van der Waals surface area contributed by atoms with Crippen LogP contribution >= 0.6 is 0 Å². The Morgan fingerprint density at radius 1 is 1.11 bits per heavy atom. The minimum atomic E-state index is 0.420. The molecule has 2 aliphatic carbocycles. The highest BCUT2D eigenvalue weighted by Gasteiger charge is 2.36. The molecule has 2 rings (SSSR count). The van der Waals surface area contributed by atoms with Gasteiger partial charge in [0.05, 0.1) is 0 Å². The third-order valence-corrected chi connectivity index (χ3v) is 5.71. The molecule has 2 unspecified atom stereocenters. The summed E-state index contributed by atoms with van der Waals surface area (Å²) in [5.74, 6) is 4.24. The average molecular weight is 250 g/mol. The second kappa shape index (κ2) is 6.21. The molecule has 2 atom stereocenters. The quantitative estimate of drug-likeness (QED) is 0.700. The molecule has 0 aromatic carbocycles. The molecular weight excluding hydrogens is 220 g/mol. The summed E-state index contributed by atoms with van der Waals surface area (Å²) >= 11 is 0. The van der Waals surface area contributed by atoms with Gasteiger partial charge in [0, 0.05) is 12.3 Å². The van der Waals surface area contributed by atoms with Crippen molar-refractivity contribution in [3.8, 4) is 0 Å². The molecule has 0 radical (unpaired) electrons. The number of carbonyl (C=O) groups is 1. The predicted molar refractivity (Wildman–Crippen MR) is 76.4 cm³/mol. The van der Waals surface area contributed by atoms with E-state index in [2.05, 4.69) is 20.8 Å². The smallest absolute Gasteiger partial charge is 0.136 e. The lowest BCUT2D eigenvalue weighted by Gasteiger charge is -2.38. The lowest BCUT2D eigenvalue weighted by Crippen LogP contribution is -2.34. The second-order valence-corrected chi connectivity index (χ2v) is 7.04. The van der Waals surface area contributed by atoms with Gasteiger partial charge in [-0.25, -0.2) is 0 Å². The van der Waals surface area contributed by atoms with Gasteiger partial charge >= 0.3 is 0 Å². The van der Waals surface area contributed by atoms with Crippen LogP contribution in [0.2, 0.25) is 0 Å². The predicted octanol–water partition coefficient (Wildman–Crippen LogP) is 4.84. The SMILES string of the molecule is CCC1CCC(C2CC(C(C)C)CCC2=O)CC1. The maximum atomic E-state index is 12.2. The maximum absolute atomic E-state index is 12.2. The van der Waals surface area contributed by atoms with Gasteiger partial charge in [-0.3, -0.25) is 4.79 Å². The van der Waals surface area contributed by atoms with Crippen LogP contribution in [0.15, 0.2) is 0 Å². The van der Waals surface area contributed by atoms with Crippen molar-refractivity contribution in [2.45, 2.75) is 72.1 Å². The van der Waals surface area contributed by atoms with E-state index >= 15 is 0 Å². The van der Waals surface area contributed by atoms with Gasteiger partial charge in [0.1, 0.15) is 5.78 Å². The van der Waals surface area contributed by atoms with Gasteiger partial charge in [-0.2, -0.15) is 0 Å². The first-order valence-corrected chi connectivity index (χ1v) is 8.14. The summed E-state index contributed by atoms with van der Waals surface area (Å²) < 4.78 is 0. The molecule has 0 bridgehead atoms. The number of Topliss-reactive ketones (excluding diaryl/α,β-unsaturated/α-hetero) is 1. The molecule has 104 valence electrons. The molecule has 0 aromatic heterocycles. The first-order valence-electron chi connectivity index (χ1n) is 8.14. The fourth-order valence-corrected chi connectivity index (χ4v) is 4.15. The zero-order valence-electron chi connectivity index (χ0n) is 12.5. The molecular formula is C17H30O. The van der Waals surface area contributed by atoms with Crippen molar-refractivity contribution < 1.29 is 4.79 Å². The lowest BCUT2D eigenvalue weighted by molar-refractivity contribution is -0.128. The monoisotopic (exact) mass is 250 g/mol. The van der Waals surface area contributed by atoms with Crippen molar-refractivity contribution in [2.24, 2.45) is 29.6 Å². The van der Waals surface area contributed by atoms with Gasteiger partial charge in [-0.15, -0.1) is 0 Å². The second-order valence-electron chi connectivity index (χ2n) is 7.04. The molecule has 1 heteroatoms. The first-order chi connectivity index (χ1) is 8.61. The highest BCUT2D eigenvalue weighted by molar-refractivity contribution is 5.82. The fraction of sp³-hybridized carbons (Fsp3) is 0.941. The summed E-state index contributed by atoms with van der Waals surface area (Å²) in [6, 6.07) is 0. The standard InChI is InChI=1S/C17H30O/c1-4-13-5-7-14(8-6-13)16-11-15(12(2)3)9-10-17(16)18/h12-16H,4-11H2,1-3H3. The van der Waals surface area contributed by atoms with Crippen LogP contribution in [0.1, 0.15) is 72.1 Å². The van der Waals surface area contributed by atoms with E-state index in [4.69, 9.17) is 0 Å². The summed E-state index contributed by atoms with van der Waals surface area (Å²) in [4.78, 5) is 12.2. The highest BCUT2D eigenvalue weighted by atomic mass is 16.1. The average Bonchev–Trinajstić information content (AvgIpc) is 2.39. The molecule has 0 saturated heterocycles. The van der Waals surface area contributed by atoms with Crippen molar-refractivity contribution in [1.29, 1.82) is 0 Å². The van der Waals surface area contributed by atoms with Crippen LogP contribution in [0, 0.1) is 29.6 Å². The molecule has 1 nitrogen and oxygen atoms in total. The van der Waals surface area contributed by atoms with Crippen LogP contribution in [-0.2, 0) is 4.79 Å². The van der Waals surface area contributed by atoms with Crippen LogP contribution in [0.3, 0.4) is 0 Å². The van der Waals surface area contributed by atoms with Gasteiger partial charge in [0.25, 0.3) is 0 Å². The van der Waals surface area contributed by atoms with Crippen molar-refractivity contribution in [3.63, 3.8) is 0 Å². The number of carbonyl (C=O) groups excluding carboxylic acids is 1. The zero-order chi connectivity index (χ0) is 13.1. The van der Waals surface area contributed by atoms with Crippen LogP contribution in [0.5, 0.6) is 0 Å². The molecule has 0 aromatic rings. The van der Waals surface area contributed by atoms with Crippen LogP contribution in [0.4, 0.5) is 0 Å². The van der Waals surface area contributed by atoms with Crippen molar-refractivity contribution in [1.82, 2.24) is 0 Å². The Morgan fingerprint density at radius 3 is 2.33 bits per heavy atom. The third-order valence-electron chi connectivity index (χ3n) is 5.71. The van der Waals surface area contributed by atoms with Crippen molar-refractivity contribution in [3.05, 3.63) is 0 Å². The number of hydrogen-bond acceptors (Lipinski definition) is 1. The maximum Gasteiger partial charge on any atom is 0.136 e. The molecule has 0 heterocycles. The summed E-state index contributed by atoms with van der Waals surface area (Å²) in [5, 5.41) is 0. The van der Waals surface area contributed by atoms with Crippen LogP contribution < -0.4 is 0 Å². The Hall–Kier alpha value is -0.330. The van der Waals surface area contributed by atoms with Crippen LogP contribution in [-0.4, -0.2) is 5.78 Å². The summed E-state index contributed by atoms with van der Waals surface area (Å²) in [5.41, 5.74) is 0. The molecule has 0 amide bonds. The van der Waals surface area contributed by atoms with Crippen molar-refractivity contribution in [2.75, 3.05) is 0 Å². The van der Waals surface area contributed by atoms with Gasteiger partial charge in [0.15, 0.2) is 0 Å². The Balaban J connectivity index is 1.92. The fourth-order valence-electron chi connectivity index (χ4n) is 4.15. The molecule has 2 saturated carbocycles. The lowest BCUT2D eigenvalue weighted by atomic mass is 9.66. The van der Waals surface area contributed by atoms with Crippen LogP contribution in [0.25, 0.3) is 0 Å². The van der Waals surface area contributed by atoms with E-state index in [1.807, 2.05) is 0 Å². The molecule has 2 fully saturated rings. The molecule has 2 aliphatic rings. The summed E-state index contributed by atoms with van der Waals surface area (Å²) in [7, 11) is 0. The van der Waals surface area contributed by atoms with E-state index in [1.54, 1.807) is 0 Å². The van der Waals surface area contributed by atoms with E-state index < -0.39 is 0 Å². The van der Waals surface area contributed by atoms with Crippen molar-refractivity contribution >= 4 is 5.78 Å². The Kier molecular flexibility index (Phi) is 4.86. The van der Waals surface area contributed by atoms with E-state index in [1.165, 1.54) is 38.5 Å². The molecule has 0 aliphatic heterocycles. The Labute approximate surface area is 113 Å². The Morgan fingerprint density at radius 2 is 1.78 bits per heavy atom. The third kappa shape index (κ3) is 3.16. The normalized spacial score (nSPS) is 38.1. The molecule has 0 N–H and O–H groups in total. The topological polar surface area (TPSA) is 17.1 Å². The molecule has 18 heavy (non-hydrogen) atoms. The zero-order valence-corrected chi connectivity index (χ0v) is 12.5. The summed E-state index contributed by atoms with van der Waals surface area (Å²) in [6.45, 7) is 6.96. The summed E-state index contributed by atoms with van der Waals surface area (Å²) in [6.07, 6.45) is 9.92. The largest absolute Gasteiger partial charge is 0.299 e. The van der Waals surface area contributed by atoms with E-state index in [9.17, 15) is 4.79 Å². The van der Waals surface area contributed by atoms with E-state index in [0.717, 1.165) is 36.5 Å². The first kappa shape index (κ1) is 14.1. The van der Waals surface area contributed by atoms with E-state index in [0.29, 0.717) is 11.7 Å². The minimum Gasteiger partial charge on any atom is -0.299 e. The number of rotatable bonds is 3. The van der Waals surface area contributed by atoms with Gasteiger partial charge in [-0.1, -0.05) is 40.0 Å².